The average Bonchev–Trinajstić information content (AvgIpc) is 2.80. The smallest absolute Gasteiger partial charge is 0.412 e. The lowest BCUT2D eigenvalue weighted by molar-refractivity contribution is -0.147. The number of nitrogens with zero attached hydrogens (tertiary/aromatic N) is 1. The molecule has 1 unspecified atom stereocenters. The lowest BCUT2D eigenvalue weighted by atomic mass is 9.83. The number of hydrogen-bond acceptors (Lipinski definition) is 3. The van der Waals surface area contributed by atoms with E-state index in [2.05, 4.69) is 5.32 Å². The van der Waals surface area contributed by atoms with Crippen molar-refractivity contribution in [3.05, 3.63) is 88.1 Å². The Balaban J connectivity index is 1.73. The van der Waals surface area contributed by atoms with E-state index in [1.807, 2.05) is 0 Å². The third-order valence-electron chi connectivity index (χ3n) is 5.59. The Labute approximate surface area is 217 Å². The Bertz CT molecular complexity index is 1170. The first kappa shape index (κ1) is 27.6. The van der Waals surface area contributed by atoms with Gasteiger partial charge in [0.05, 0.1) is 13.0 Å². The summed E-state index contributed by atoms with van der Waals surface area (Å²) in [7, 11) is 1.51. The molecule has 36 heavy (non-hydrogen) atoms. The molecule has 0 saturated carbocycles. The van der Waals surface area contributed by atoms with E-state index in [0.29, 0.717) is 6.61 Å². The third-order valence-corrected chi connectivity index (χ3v) is 6.43. The standard InChI is InChI=1S/C26H25Cl2F3N2O3/c1-3-36-22(34)13-17-9-11-18(12-10-17)16-33(2)24(35)32-20-14-21(27)23(19-7-5-4-6-8-19)25(28,15-20)26(29,30)31/h4-12,14H,3,13,15-16H2,1-2H3,(H,32,35). The number of urea groups is 1. The molecule has 0 bridgehead atoms. The van der Waals surface area contributed by atoms with Crippen molar-refractivity contribution in [1.82, 2.24) is 10.2 Å². The first-order valence-electron chi connectivity index (χ1n) is 11.1. The van der Waals surface area contributed by atoms with Crippen molar-refractivity contribution < 1.29 is 27.5 Å². The molecule has 2 aromatic carbocycles. The Hall–Kier alpha value is -2.97. The van der Waals surface area contributed by atoms with Crippen LogP contribution in [0.2, 0.25) is 0 Å². The van der Waals surface area contributed by atoms with Gasteiger partial charge in [0.15, 0.2) is 4.87 Å². The van der Waals surface area contributed by atoms with Gasteiger partial charge in [-0.3, -0.25) is 4.79 Å². The van der Waals surface area contributed by atoms with Crippen LogP contribution in [-0.4, -0.2) is 41.6 Å². The number of carbonyl (C=O) groups excluding carboxylic acids is 2. The summed E-state index contributed by atoms with van der Waals surface area (Å²) in [5.74, 6) is -0.333. The molecule has 0 radical (unpaired) electrons. The van der Waals surface area contributed by atoms with E-state index in [-0.39, 0.29) is 40.8 Å². The van der Waals surface area contributed by atoms with Gasteiger partial charge < -0.3 is 15.0 Å². The molecule has 0 aliphatic heterocycles. The van der Waals surface area contributed by atoms with Crippen LogP contribution in [0.1, 0.15) is 30.0 Å². The number of ether oxygens (including phenoxy) is 1. The predicted molar refractivity (Wildman–Crippen MR) is 133 cm³/mol. The van der Waals surface area contributed by atoms with Gasteiger partial charge in [0, 0.05) is 36.3 Å². The van der Waals surface area contributed by atoms with Crippen LogP contribution in [0.25, 0.3) is 5.57 Å². The first-order valence-corrected chi connectivity index (χ1v) is 11.9. The van der Waals surface area contributed by atoms with Gasteiger partial charge >= 0.3 is 18.2 Å². The molecule has 192 valence electrons. The highest BCUT2D eigenvalue weighted by Crippen LogP contribution is 2.53. The topological polar surface area (TPSA) is 58.6 Å². The molecule has 0 heterocycles. The van der Waals surface area contributed by atoms with E-state index in [9.17, 15) is 22.8 Å². The van der Waals surface area contributed by atoms with Crippen molar-refractivity contribution in [3.63, 3.8) is 0 Å². The summed E-state index contributed by atoms with van der Waals surface area (Å²) >= 11 is 12.5. The SMILES string of the molecule is CCOC(=O)Cc1ccc(CN(C)C(=O)NC2=CC(Cl)=C(c3ccccc3)C(Cl)(C(F)(F)F)C2)cc1. The van der Waals surface area contributed by atoms with Crippen molar-refractivity contribution in [2.24, 2.45) is 0 Å². The third kappa shape index (κ3) is 6.42. The van der Waals surface area contributed by atoms with Gasteiger partial charge in [0.25, 0.3) is 0 Å². The van der Waals surface area contributed by atoms with Crippen LogP contribution in [0.3, 0.4) is 0 Å². The zero-order valence-corrected chi connectivity index (χ0v) is 21.2. The molecule has 0 fully saturated rings. The van der Waals surface area contributed by atoms with Crippen LogP contribution in [0, 0.1) is 0 Å². The van der Waals surface area contributed by atoms with E-state index in [1.54, 1.807) is 49.4 Å². The zero-order valence-electron chi connectivity index (χ0n) is 19.7. The number of alkyl halides is 4. The second-order valence-corrected chi connectivity index (χ2v) is 9.37. The molecule has 1 atom stereocenters. The summed E-state index contributed by atoms with van der Waals surface area (Å²) < 4.78 is 47.3. The fourth-order valence-corrected chi connectivity index (χ4v) is 4.64. The Morgan fingerprint density at radius 3 is 2.28 bits per heavy atom. The van der Waals surface area contributed by atoms with Gasteiger partial charge in [0.2, 0.25) is 0 Å². The summed E-state index contributed by atoms with van der Waals surface area (Å²) in [6, 6.07) is 14.3. The van der Waals surface area contributed by atoms with Gasteiger partial charge in [-0.15, -0.1) is 11.6 Å². The summed E-state index contributed by atoms with van der Waals surface area (Å²) in [6.07, 6.45) is -4.09. The van der Waals surface area contributed by atoms with Gasteiger partial charge in [-0.05, 0) is 29.7 Å². The van der Waals surface area contributed by atoms with Crippen molar-refractivity contribution >= 4 is 40.8 Å². The van der Waals surface area contributed by atoms with Crippen LogP contribution in [0.15, 0.2) is 71.4 Å². The largest absolute Gasteiger partial charge is 0.466 e. The Morgan fingerprint density at radius 1 is 1.08 bits per heavy atom. The molecular weight excluding hydrogens is 516 g/mol. The minimum atomic E-state index is -4.83. The minimum absolute atomic E-state index is 0.0476. The number of hydrogen-bond donors (Lipinski definition) is 1. The van der Waals surface area contributed by atoms with Crippen LogP contribution in [0.4, 0.5) is 18.0 Å². The quantitative estimate of drug-likeness (QED) is 0.326. The predicted octanol–water partition coefficient (Wildman–Crippen LogP) is 6.41. The minimum Gasteiger partial charge on any atom is -0.466 e. The number of carbonyl (C=O) groups is 2. The molecule has 1 aliphatic carbocycles. The van der Waals surface area contributed by atoms with Crippen molar-refractivity contribution in [3.8, 4) is 0 Å². The van der Waals surface area contributed by atoms with Crippen LogP contribution in [-0.2, 0) is 22.5 Å². The highest BCUT2D eigenvalue weighted by molar-refractivity contribution is 6.40. The van der Waals surface area contributed by atoms with Gasteiger partial charge in [0.1, 0.15) is 0 Å². The monoisotopic (exact) mass is 540 g/mol. The molecular formula is C26H25Cl2F3N2O3. The molecule has 0 aromatic heterocycles. The highest BCUT2D eigenvalue weighted by atomic mass is 35.5. The summed E-state index contributed by atoms with van der Waals surface area (Å²) in [5.41, 5.74) is 1.48. The van der Waals surface area contributed by atoms with E-state index < -0.39 is 23.5 Å². The van der Waals surface area contributed by atoms with E-state index in [4.69, 9.17) is 27.9 Å². The second-order valence-electron chi connectivity index (χ2n) is 8.32. The molecule has 1 aliphatic rings. The molecule has 5 nitrogen and oxygen atoms in total. The van der Waals surface area contributed by atoms with E-state index >= 15 is 0 Å². The van der Waals surface area contributed by atoms with Crippen LogP contribution < -0.4 is 5.32 Å². The van der Waals surface area contributed by atoms with Crippen molar-refractivity contribution in [2.75, 3.05) is 13.7 Å². The molecule has 2 amide bonds. The zero-order chi connectivity index (χ0) is 26.5. The highest BCUT2D eigenvalue weighted by Gasteiger charge is 2.58. The lowest BCUT2D eigenvalue weighted by Gasteiger charge is -2.36. The maximum Gasteiger partial charge on any atom is 0.412 e. The molecule has 1 N–H and O–H groups in total. The number of amides is 2. The lowest BCUT2D eigenvalue weighted by Crippen LogP contribution is -2.46. The van der Waals surface area contributed by atoms with E-state index in [1.165, 1.54) is 30.2 Å². The number of nitrogens with one attached hydrogen (secondary N) is 1. The first-order chi connectivity index (χ1) is 16.9. The number of esters is 1. The number of benzene rings is 2. The normalized spacial score (nSPS) is 17.9. The number of allylic oxidation sites excluding steroid dienone is 4. The summed E-state index contributed by atoms with van der Waals surface area (Å²) in [5, 5.41) is 2.30. The Morgan fingerprint density at radius 2 is 1.69 bits per heavy atom. The van der Waals surface area contributed by atoms with Crippen molar-refractivity contribution in [2.45, 2.75) is 37.4 Å². The average molecular weight is 541 g/mol. The fourth-order valence-electron chi connectivity index (χ4n) is 3.83. The van der Waals surface area contributed by atoms with E-state index in [0.717, 1.165) is 11.1 Å². The fraction of sp³-hybridized carbons (Fsp3) is 0.308. The molecule has 10 heteroatoms. The number of halogens is 5. The van der Waals surface area contributed by atoms with Crippen LogP contribution >= 0.6 is 23.2 Å². The maximum atomic E-state index is 14.1. The molecule has 0 spiro atoms. The van der Waals surface area contributed by atoms with Gasteiger partial charge in [-0.25, -0.2) is 4.79 Å². The second kappa shape index (κ2) is 11.4. The maximum absolute atomic E-state index is 14.1. The summed E-state index contributed by atoms with van der Waals surface area (Å²) in [4.78, 5) is 22.9. The molecule has 3 rings (SSSR count). The Kier molecular flexibility index (Phi) is 8.74. The summed E-state index contributed by atoms with van der Waals surface area (Å²) in [6.45, 7) is 2.21. The molecule has 0 saturated heterocycles. The van der Waals surface area contributed by atoms with Gasteiger partial charge in [-0.2, -0.15) is 13.2 Å². The van der Waals surface area contributed by atoms with Gasteiger partial charge in [-0.1, -0.05) is 66.2 Å². The number of rotatable bonds is 7. The van der Waals surface area contributed by atoms with Crippen LogP contribution in [0.5, 0.6) is 0 Å². The van der Waals surface area contributed by atoms with Crippen molar-refractivity contribution in [1.29, 1.82) is 0 Å². The molecule has 2 aromatic rings.